The third-order valence-electron chi connectivity index (χ3n) is 6.96. The van der Waals surface area contributed by atoms with Gasteiger partial charge in [0, 0.05) is 11.1 Å². The van der Waals surface area contributed by atoms with Crippen LogP contribution in [0, 0.1) is 0 Å². The van der Waals surface area contributed by atoms with Crippen molar-refractivity contribution in [3.63, 3.8) is 0 Å². The van der Waals surface area contributed by atoms with Gasteiger partial charge in [-0.1, -0.05) is 107 Å². The zero-order valence-corrected chi connectivity index (χ0v) is 19.7. The first-order chi connectivity index (χ1) is 15.2. The molecule has 0 amide bonds. The number of fused-ring (bicyclic) bond motifs is 3. The topological polar surface area (TPSA) is 26.0 Å². The second-order valence-electron chi connectivity index (χ2n) is 10.5. The third-order valence-corrected chi connectivity index (χ3v) is 6.96. The van der Waals surface area contributed by atoms with Crippen molar-refractivity contribution < 1.29 is 0 Å². The molecule has 0 atom stereocenters. The van der Waals surface area contributed by atoms with Crippen LogP contribution in [0.3, 0.4) is 0 Å². The van der Waals surface area contributed by atoms with E-state index in [9.17, 15) is 0 Å². The fraction of sp³-hybridized carbons (Fsp3) is 0.226. The summed E-state index contributed by atoms with van der Waals surface area (Å²) in [5.74, 6) is 0. The van der Waals surface area contributed by atoms with E-state index in [1.54, 1.807) is 0 Å². The zero-order valence-electron chi connectivity index (χ0n) is 19.7. The van der Waals surface area contributed by atoms with Crippen molar-refractivity contribution in [3.8, 4) is 33.4 Å². The van der Waals surface area contributed by atoms with Gasteiger partial charge in [-0.15, -0.1) is 0 Å². The van der Waals surface area contributed by atoms with Crippen LogP contribution in [0.2, 0.25) is 0 Å². The lowest BCUT2D eigenvalue weighted by molar-refractivity contribution is 0.590. The normalized spacial score (nSPS) is 14.2. The number of nitrogen functional groups attached to an aromatic ring is 1. The van der Waals surface area contributed by atoms with Gasteiger partial charge in [-0.3, -0.25) is 0 Å². The molecule has 1 nitrogen and oxygen atoms in total. The molecule has 32 heavy (non-hydrogen) atoms. The van der Waals surface area contributed by atoms with Crippen LogP contribution in [0.25, 0.3) is 33.4 Å². The number of anilines is 1. The van der Waals surface area contributed by atoms with E-state index in [1.807, 2.05) is 6.07 Å². The van der Waals surface area contributed by atoms with Crippen LogP contribution in [0.15, 0.2) is 84.9 Å². The highest BCUT2D eigenvalue weighted by Gasteiger charge is 2.39. The molecule has 0 aromatic heterocycles. The molecule has 0 saturated carbocycles. The van der Waals surface area contributed by atoms with Gasteiger partial charge in [0.1, 0.15) is 0 Å². The van der Waals surface area contributed by atoms with Crippen LogP contribution < -0.4 is 5.73 Å². The summed E-state index contributed by atoms with van der Waals surface area (Å²) in [7, 11) is 0. The summed E-state index contributed by atoms with van der Waals surface area (Å²) in [6.07, 6.45) is 0. The second-order valence-corrected chi connectivity index (χ2v) is 10.5. The van der Waals surface area contributed by atoms with Crippen molar-refractivity contribution in [3.05, 3.63) is 102 Å². The molecule has 4 aromatic rings. The second kappa shape index (κ2) is 7.10. The van der Waals surface area contributed by atoms with Crippen molar-refractivity contribution in [2.24, 2.45) is 0 Å². The van der Waals surface area contributed by atoms with Crippen LogP contribution in [0.1, 0.15) is 51.3 Å². The first-order valence-electron chi connectivity index (χ1n) is 11.4. The van der Waals surface area contributed by atoms with E-state index in [0.717, 1.165) is 5.69 Å². The Morgan fingerprint density at radius 3 is 1.91 bits per heavy atom. The Bertz CT molecular complexity index is 1300. The molecule has 0 radical (unpaired) electrons. The van der Waals surface area contributed by atoms with Crippen LogP contribution >= 0.6 is 0 Å². The zero-order chi connectivity index (χ0) is 22.7. The van der Waals surface area contributed by atoms with Crippen LogP contribution in [-0.4, -0.2) is 0 Å². The summed E-state index contributed by atoms with van der Waals surface area (Å²) >= 11 is 0. The van der Waals surface area contributed by atoms with E-state index in [1.165, 1.54) is 50.1 Å². The van der Waals surface area contributed by atoms with E-state index >= 15 is 0 Å². The van der Waals surface area contributed by atoms with Gasteiger partial charge in [0.2, 0.25) is 0 Å². The highest BCUT2D eigenvalue weighted by Crippen LogP contribution is 2.55. The van der Waals surface area contributed by atoms with Gasteiger partial charge in [0.05, 0.1) is 0 Å². The van der Waals surface area contributed by atoms with Gasteiger partial charge < -0.3 is 5.73 Å². The van der Waals surface area contributed by atoms with Crippen molar-refractivity contribution in [2.45, 2.75) is 45.4 Å². The fourth-order valence-electron chi connectivity index (χ4n) is 5.21. The van der Waals surface area contributed by atoms with Crippen LogP contribution in [0.5, 0.6) is 0 Å². The maximum Gasteiger partial charge on any atom is 0.0317 e. The van der Waals surface area contributed by atoms with Crippen molar-refractivity contribution in [1.29, 1.82) is 0 Å². The molecule has 0 spiro atoms. The summed E-state index contributed by atoms with van der Waals surface area (Å²) in [4.78, 5) is 0. The predicted octanol–water partition coefficient (Wildman–Crippen LogP) is 8.21. The van der Waals surface area contributed by atoms with Gasteiger partial charge in [-0.2, -0.15) is 0 Å². The van der Waals surface area contributed by atoms with Gasteiger partial charge in [-0.25, -0.2) is 0 Å². The quantitative estimate of drug-likeness (QED) is 0.327. The lowest BCUT2D eigenvalue weighted by Crippen LogP contribution is -2.16. The molecule has 0 fully saturated rings. The Kier molecular flexibility index (Phi) is 4.57. The summed E-state index contributed by atoms with van der Waals surface area (Å²) in [5, 5.41) is 0. The molecular formula is C31H31N. The molecule has 1 heteroatoms. The molecule has 5 rings (SSSR count). The number of nitrogens with two attached hydrogens (primary N) is 1. The third kappa shape index (κ3) is 3.15. The largest absolute Gasteiger partial charge is 0.399 e. The molecular weight excluding hydrogens is 386 g/mol. The summed E-state index contributed by atoms with van der Waals surface area (Å²) in [6, 6.07) is 30.9. The maximum absolute atomic E-state index is 6.24. The summed E-state index contributed by atoms with van der Waals surface area (Å²) in [6.45, 7) is 11.4. The monoisotopic (exact) mass is 417 g/mol. The average molecular weight is 418 g/mol. The lowest BCUT2D eigenvalue weighted by atomic mass is 9.77. The lowest BCUT2D eigenvalue weighted by Gasteiger charge is -2.25. The molecule has 4 aromatic carbocycles. The number of hydrogen-bond donors (Lipinski definition) is 1. The minimum atomic E-state index is -0.132. The van der Waals surface area contributed by atoms with Gasteiger partial charge in [0.25, 0.3) is 0 Å². The van der Waals surface area contributed by atoms with Gasteiger partial charge in [0.15, 0.2) is 0 Å². The molecule has 0 heterocycles. The molecule has 1 aliphatic carbocycles. The standard InChI is InChI=1S/C31H31N/c1-30(2,3)22-13-11-21(12-14-22)24-17-18-25(20-9-7-6-8-10-20)29-28(24)26-16-15-23(32)19-27(26)31(29,4)5/h6-19H,32H2,1-5H3. The molecule has 0 unspecified atom stereocenters. The maximum atomic E-state index is 6.24. The predicted molar refractivity (Wildman–Crippen MR) is 138 cm³/mol. The molecule has 1 aliphatic rings. The van der Waals surface area contributed by atoms with Crippen molar-refractivity contribution in [1.82, 2.24) is 0 Å². The molecule has 160 valence electrons. The van der Waals surface area contributed by atoms with E-state index in [4.69, 9.17) is 5.73 Å². The summed E-state index contributed by atoms with van der Waals surface area (Å²) in [5.41, 5.74) is 18.9. The fourth-order valence-corrected chi connectivity index (χ4v) is 5.21. The molecule has 2 N–H and O–H groups in total. The van der Waals surface area contributed by atoms with Crippen LogP contribution in [-0.2, 0) is 10.8 Å². The molecule has 0 bridgehead atoms. The molecule has 0 aliphatic heterocycles. The van der Waals surface area contributed by atoms with E-state index in [2.05, 4.69) is 113 Å². The highest BCUT2D eigenvalue weighted by molar-refractivity contribution is 5.97. The number of hydrogen-bond acceptors (Lipinski definition) is 1. The average Bonchev–Trinajstić information content (AvgIpc) is 3.01. The smallest absolute Gasteiger partial charge is 0.0317 e. The Hall–Kier alpha value is -3.32. The minimum Gasteiger partial charge on any atom is -0.399 e. The van der Waals surface area contributed by atoms with E-state index < -0.39 is 0 Å². The SMILES string of the molecule is CC(C)(C)c1ccc(-c2ccc(-c3ccccc3)c3c2-c2ccc(N)cc2C3(C)C)cc1. The Labute approximate surface area is 191 Å². The highest BCUT2D eigenvalue weighted by atomic mass is 14.6. The minimum absolute atomic E-state index is 0.132. The number of benzene rings is 4. The van der Waals surface area contributed by atoms with Crippen LogP contribution in [0.4, 0.5) is 5.69 Å². The first-order valence-corrected chi connectivity index (χ1v) is 11.4. The Morgan fingerprint density at radius 1 is 0.656 bits per heavy atom. The Morgan fingerprint density at radius 2 is 1.25 bits per heavy atom. The van der Waals surface area contributed by atoms with Gasteiger partial charge in [-0.05, 0) is 67.6 Å². The first kappa shape index (κ1) is 20.6. The summed E-state index contributed by atoms with van der Waals surface area (Å²) < 4.78 is 0. The number of rotatable bonds is 2. The molecule has 0 saturated heterocycles. The van der Waals surface area contributed by atoms with Crippen molar-refractivity contribution in [2.75, 3.05) is 5.73 Å². The van der Waals surface area contributed by atoms with E-state index in [0.29, 0.717) is 0 Å². The van der Waals surface area contributed by atoms with Gasteiger partial charge >= 0.3 is 0 Å². The van der Waals surface area contributed by atoms with E-state index in [-0.39, 0.29) is 10.8 Å². The van der Waals surface area contributed by atoms with Crippen molar-refractivity contribution >= 4 is 5.69 Å². The Balaban J connectivity index is 1.80.